The molecule has 0 rings (SSSR count). The van der Waals surface area contributed by atoms with Crippen molar-refractivity contribution in [3.05, 3.63) is 0 Å². The summed E-state index contributed by atoms with van der Waals surface area (Å²) in [7, 11) is 0. The third kappa shape index (κ3) is 24.2. The van der Waals surface area contributed by atoms with Gasteiger partial charge in [0.2, 0.25) is 0 Å². The third-order valence-electron chi connectivity index (χ3n) is 6.58. The zero-order chi connectivity index (χ0) is 22.0. The van der Waals surface area contributed by atoms with Crippen LogP contribution in [0.5, 0.6) is 0 Å². The van der Waals surface area contributed by atoms with Gasteiger partial charge in [-0.1, -0.05) is 142 Å². The highest BCUT2D eigenvalue weighted by molar-refractivity contribution is 4.67. The molecule has 0 aromatic rings. The highest BCUT2D eigenvalue weighted by Crippen LogP contribution is 2.16. The van der Waals surface area contributed by atoms with E-state index in [4.69, 9.17) is 5.11 Å². The van der Waals surface area contributed by atoms with E-state index in [1.54, 1.807) is 0 Å². The maximum Gasteiger partial charge on any atom is 0.0443 e. The van der Waals surface area contributed by atoms with E-state index in [1.807, 2.05) is 0 Å². The van der Waals surface area contributed by atoms with Crippen LogP contribution in [0.2, 0.25) is 0 Å². The maximum atomic E-state index is 9.03. The van der Waals surface area contributed by atoms with E-state index in [0.29, 0.717) is 12.6 Å². The number of unbranched alkanes of at least 4 members (excludes halogenated alkanes) is 18. The van der Waals surface area contributed by atoms with Crippen molar-refractivity contribution in [1.29, 1.82) is 0 Å². The van der Waals surface area contributed by atoms with Crippen molar-refractivity contribution in [3.63, 3.8) is 0 Å². The first-order valence-electron chi connectivity index (χ1n) is 14.2. The summed E-state index contributed by atoms with van der Waals surface area (Å²) in [6.07, 6.45) is 32.0. The van der Waals surface area contributed by atoms with Crippen molar-refractivity contribution in [2.45, 2.75) is 168 Å². The SMILES string of the molecule is CCCCCCCCCCCCCCCCCC(CCCCCCC)NCCCO. The Hall–Kier alpha value is -0.0800. The molecule has 0 fully saturated rings. The van der Waals surface area contributed by atoms with E-state index < -0.39 is 0 Å². The first-order valence-corrected chi connectivity index (χ1v) is 14.2. The van der Waals surface area contributed by atoms with Crippen LogP contribution in [-0.2, 0) is 0 Å². The van der Waals surface area contributed by atoms with Crippen molar-refractivity contribution < 1.29 is 5.11 Å². The number of aliphatic hydroxyl groups excluding tert-OH is 1. The Labute approximate surface area is 191 Å². The monoisotopic (exact) mass is 425 g/mol. The lowest BCUT2D eigenvalue weighted by Gasteiger charge is -2.18. The second-order valence-corrected chi connectivity index (χ2v) is 9.67. The molecular formula is C28H59NO. The lowest BCUT2D eigenvalue weighted by molar-refractivity contribution is 0.280. The van der Waals surface area contributed by atoms with Crippen LogP contribution in [0.1, 0.15) is 162 Å². The van der Waals surface area contributed by atoms with Gasteiger partial charge >= 0.3 is 0 Å². The van der Waals surface area contributed by atoms with Gasteiger partial charge in [-0.3, -0.25) is 0 Å². The molecule has 1 unspecified atom stereocenters. The summed E-state index contributed by atoms with van der Waals surface area (Å²) in [6.45, 7) is 5.88. The number of hydrogen-bond acceptors (Lipinski definition) is 2. The summed E-state index contributed by atoms with van der Waals surface area (Å²) in [6, 6.07) is 0.681. The fourth-order valence-corrected chi connectivity index (χ4v) is 4.49. The van der Waals surface area contributed by atoms with Gasteiger partial charge in [-0.05, 0) is 25.8 Å². The van der Waals surface area contributed by atoms with Gasteiger partial charge < -0.3 is 10.4 Å². The van der Waals surface area contributed by atoms with Crippen LogP contribution >= 0.6 is 0 Å². The Morgan fingerprint density at radius 1 is 0.467 bits per heavy atom. The second kappa shape index (κ2) is 27.0. The molecule has 0 radical (unpaired) electrons. The average molecular weight is 426 g/mol. The molecule has 182 valence electrons. The van der Waals surface area contributed by atoms with Gasteiger partial charge in [0.25, 0.3) is 0 Å². The molecule has 2 N–H and O–H groups in total. The molecule has 0 aromatic heterocycles. The van der Waals surface area contributed by atoms with E-state index in [2.05, 4.69) is 19.2 Å². The van der Waals surface area contributed by atoms with Crippen LogP contribution in [0.15, 0.2) is 0 Å². The standard InChI is InChI=1S/C28H59NO/c1-3-5-7-9-10-11-12-13-14-15-16-17-18-20-22-25-28(29-26-23-27-30)24-21-19-8-6-4-2/h28-30H,3-27H2,1-2H3. The smallest absolute Gasteiger partial charge is 0.0443 e. The van der Waals surface area contributed by atoms with E-state index >= 15 is 0 Å². The third-order valence-corrected chi connectivity index (χ3v) is 6.58. The summed E-state index contributed by atoms with van der Waals surface area (Å²) in [5.74, 6) is 0. The van der Waals surface area contributed by atoms with Gasteiger partial charge in [0.1, 0.15) is 0 Å². The molecule has 2 nitrogen and oxygen atoms in total. The normalized spacial score (nSPS) is 12.5. The summed E-state index contributed by atoms with van der Waals surface area (Å²) in [5.41, 5.74) is 0. The zero-order valence-corrected chi connectivity index (χ0v) is 21.2. The van der Waals surface area contributed by atoms with Gasteiger partial charge in [-0.25, -0.2) is 0 Å². The lowest BCUT2D eigenvalue weighted by Crippen LogP contribution is -2.30. The fraction of sp³-hybridized carbons (Fsp3) is 1.00. The molecule has 0 aliphatic heterocycles. The number of rotatable bonds is 26. The van der Waals surface area contributed by atoms with E-state index in [0.717, 1.165) is 13.0 Å². The number of aliphatic hydroxyl groups is 1. The molecule has 0 amide bonds. The van der Waals surface area contributed by atoms with Gasteiger partial charge in [-0.15, -0.1) is 0 Å². The lowest BCUT2D eigenvalue weighted by atomic mass is 9.99. The maximum absolute atomic E-state index is 9.03. The molecule has 0 saturated carbocycles. The quantitative estimate of drug-likeness (QED) is 0.135. The molecule has 0 aromatic carbocycles. The van der Waals surface area contributed by atoms with Crippen molar-refractivity contribution >= 4 is 0 Å². The molecule has 0 saturated heterocycles. The van der Waals surface area contributed by atoms with Crippen molar-refractivity contribution in [3.8, 4) is 0 Å². The van der Waals surface area contributed by atoms with Gasteiger partial charge in [0.05, 0.1) is 0 Å². The number of hydrogen-bond donors (Lipinski definition) is 2. The topological polar surface area (TPSA) is 32.3 Å². The van der Waals surface area contributed by atoms with Crippen molar-refractivity contribution in [1.82, 2.24) is 5.32 Å². The van der Waals surface area contributed by atoms with Crippen molar-refractivity contribution in [2.24, 2.45) is 0 Å². The molecular weight excluding hydrogens is 366 g/mol. The molecule has 30 heavy (non-hydrogen) atoms. The number of nitrogens with one attached hydrogen (secondary N) is 1. The first-order chi connectivity index (χ1) is 14.8. The summed E-state index contributed by atoms with van der Waals surface area (Å²) in [5, 5.41) is 12.7. The second-order valence-electron chi connectivity index (χ2n) is 9.67. The summed E-state index contributed by atoms with van der Waals surface area (Å²) >= 11 is 0. The summed E-state index contributed by atoms with van der Waals surface area (Å²) < 4.78 is 0. The highest BCUT2D eigenvalue weighted by Gasteiger charge is 2.07. The Bertz CT molecular complexity index is 294. The van der Waals surface area contributed by atoms with Crippen LogP contribution in [0, 0.1) is 0 Å². The molecule has 1 atom stereocenters. The first kappa shape index (κ1) is 29.9. The molecule has 0 spiro atoms. The van der Waals surface area contributed by atoms with Gasteiger partial charge in [0.15, 0.2) is 0 Å². The van der Waals surface area contributed by atoms with E-state index in [9.17, 15) is 0 Å². The minimum absolute atomic E-state index is 0.315. The summed E-state index contributed by atoms with van der Waals surface area (Å²) in [4.78, 5) is 0. The molecule has 2 heteroatoms. The van der Waals surface area contributed by atoms with Crippen molar-refractivity contribution in [2.75, 3.05) is 13.2 Å². The van der Waals surface area contributed by atoms with Crippen LogP contribution < -0.4 is 5.32 Å². The fourth-order valence-electron chi connectivity index (χ4n) is 4.49. The zero-order valence-electron chi connectivity index (χ0n) is 21.2. The average Bonchev–Trinajstić information content (AvgIpc) is 2.76. The van der Waals surface area contributed by atoms with Crippen LogP contribution in [0.25, 0.3) is 0 Å². The van der Waals surface area contributed by atoms with Gasteiger partial charge in [-0.2, -0.15) is 0 Å². The highest BCUT2D eigenvalue weighted by atomic mass is 16.3. The molecule has 0 aliphatic rings. The van der Waals surface area contributed by atoms with E-state index in [1.165, 1.54) is 141 Å². The van der Waals surface area contributed by atoms with Crippen LogP contribution in [0.3, 0.4) is 0 Å². The molecule has 0 aliphatic carbocycles. The van der Waals surface area contributed by atoms with Gasteiger partial charge in [0, 0.05) is 12.6 Å². The molecule has 0 heterocycles. The predicted octanol–water partition coefficient (Wildman–Crippen LogP) is 8.95. The predicted molar refractivity (Wildman–Crippen MR) is 136 cm³/mol. The Kier molecular flexibility index (Phi) is 26.9. The van der Waals surface area contributed by atoms with Crippen LogP contribution in [0.4, 0.5) is 0 Å². The Balaban J connectivity index is 3.46. The van der Waals surface area contributed by atoms with E-state index in [-0.39, 0.29) is 0 Å². The van der Waals surface area contributed by atoms with Crippen LogP contribution in [-0.4, -0.2) is 24.3 Å². The Morgan fingerprint density at radius 3 is 1.13 bits per heavy atom. The molecule has 0 bridgehead atoms. The minimum Gasteiger partial charge on any atom is -0.396 e. The Morgan fingerprint density at radius 2 is 0.800 bits per heavy atom. The largest absolute Gasteiger partial charge is 0.396 e. The minimum atomic E-state index is 0.315.